The normalized spacial score (nSPS) is 12.9. The molecule has 0 saturated heterocycles. The lowest BCUT2D eigenvalue weighted by Crippen LogP contribution is -2.24. The fourth-order valence-corrected chi connectivity index (χ4v) is 3.09. The van der Waals surface area contributed by atoms with Crippen molar-refractivity contribution >= 4 is 22.9 Å². The molecule has 1 aromatic heterocycles. The summed E-state index contributed by atoms with van der Waals surface area (Å²) in [6.45, 7) is 5.35. The summed E-state index contributed by atoms with van der Waals surface area (Å²) >= 11 is 7.59. The van der Waals surface area contributed by atoms with Crippen LogP contribution in [0.15, 0.2) is 42.5 Å². The van der Waals surface area contributed by atoms with Gasteiger partial charge in [-0.3, -0.25) is 0 Å². The monoisotopic (exact) mass is 279 g/mol. The number of hydrogen-bond donors (Lipinski definition) is 1. The zero-order valence-electron chi connectivity index (χ0n) is 10.7. The lowest BCUT2D eigenvalue weighted by molar-refractivity contribution is 0.412. The number of hydrogen-bond acceptors (Lipinski definition) is 2. The molecule has 96 valence electrons. The van der Waals surface area contributed by atoms with Crippen LogP contribution in [0.4, 0.5) is 0 Å². The summed E-state index contributed by atoms with van der Waals surface area (Å²) in [4.78, 5) is 1.28. The average molecular weight is 280 g/mol. The van der Waals surface area contributed by atoms with E-state index in [9.17, 15) is 0 Å². The summed E-state index contributed by atoms with van der Waals surface area (Å²) < 4.78 is 0.854. The van der Waals surface area contributed by atoms with E-state index in [-0.39, 0.29) is 0 Å². The number of benzene rings is 1. The van der Waals surface area contributed by atoms with Crippen molar-refractivity contribution in [2.24, 2.45) is 5.92 Å². The second-order valence-corrected chi connectivity index (χ2v) is 6.52. The van der Waals surface area contributed by atoms with Crippen LogP contribution in [-0.2, 0) is 6.54 Å². The van der Waals surface area contributed by atoms with Gasteiger partial charge in [0.15, 0.2) is 0 Å². The van der Waals surface area contributed by atoms with Crippen LogP contribution >= 0.6 is 22.9 Å². The number of halogens is 1. The van der Waals surface area contributed by atoms with Gasteiger partial charge in [-0.1, -0.05) is 55.8 Å². The highest BCUT2D eigenvalue weighted by Crippen LogP contribution is 2.25. The molecule has 2 rings (SSSR count). The summed E-state index contributed by atoms with van der Waals surface area (Å²) in [5.74, 6) is 0.558. The third-order valence-corrected chi connectivity index (χ3v) is 4.18. The molecule has 0 aliphatic heterocycles. The summed E-state index contributed by atoms with van der Waals surface area (Å²) in [5.41, 5.74) is 1.34. The molecule has 0 fully saturated rings. The van der Waals surface area contributed by atoms with E-state index in [2.05, 4.69) is 55.6 Å². The third-order valence-electron chi connectivity index (χ3n) is 2.95. The van der Waals surface area contributed by atoms with Crippen LogP contribution in [0.5, 0.6) is 0 Å². The lowest BCUT2D eigenvalue weighted by Gasteiger charge is -2.22. The van der Waals surface area contributed by atoms with Crippen LogP contribution in [0.3, 0.4) is 0 Å². The topological polar surface area (TPSA) is 12.0 Å². The zero-order valence-corrected chi connectivity index (χ0v) is 12.3. The molecule has 0 saturated carbocycles. The van der Waals surface area contributed by atoms with E-state index < -0.39 is 0 Å². The Bertz CT molecular complexity index is 478. The zero-order chi connectivity index (χ0) is 13.0. The van der Waals surface area contributed by atoms with Gasteiger partial charge in [0.2, 0.25) is 0 Å². The van der Waals surface area contributed by atoms with Crippen molar-refractivity contribution in [2.75, 3.05) is 0 Å². The minimum atomic E-state index is 0.382. The molecule has 3 heteroatoms. The van der Waals surface area contributed by atoms with Gasteiger partial charge in [0, 0.05) is 17.5 Å². The number of thiophene rings is 1. The van der Waals surface area contributed by atoms with E-state index >= 15 is 0 Å². The van der Waals surface area contributed by atoms with Gasteiger partial charge in [-0.25, -0.2) is 0 Å². The highest BCUT2D eigenvalue weighted by atomic mass is 35.5. The van der Waals surface area contributed by atoms with Crippen LogP contribution in [0, 0.1) is 5.92 Å². The van der Waals surface area contributed by atoms with E-state index in [0.29, 0.717) is 12.0 Å². The number of rotatable bonds is 5. The Balaban J connectivity index is 2.03. The molecule has 1 unspecified atom stereocenters. The first-order chi connectivity index (χ1) is 8.66. The molecule has 1 N–H and O–H groups in total. The predicted octanol–water partition coefficient (Wildman–Crippen LogP) is 4.89. The van der Waals surface area contributed by atoms with Crippen molar-refractivity contribution in [2.45, 2.75) is 26.4 Å². The molecule has 0 radical (unpaired) electrons. The average Bonchev–Trinajstić information content (AvgIpc) is 2.76. The fourth-order valence-electron chi connectivity index (χ4n) is 2.06. The quantitative estimate of drug-likeness (QED) is 0.822. The third kappa shape index (κ3) is 3.58. The van der Waals surface area contributed by atoms with Crippen molar-refractivity contribution in [3.8, 4) is 0 Å². The highest BCUT2D eigenvalue weighted by molar-refractivity contribution is 7.16. The first kappa shape index (κ1) is 13.6. The summed E-state index contributed by atoms with van der Waals surface area (Å²) in [6, 6.07) is 15.0. The smallest absolute Gasteiger partial charge is 0.0931 e. The summed E-state index contributed by atoms with van der Waals surface area (Å²) in [6.07, 6.45) is 0. The Morgan fingerprint density at radius 3 is 2.39 bits per heavy atom. The maximum atomic E-state index is 5.95. The van der Waals surface area contributed by atoms with Crippen LogP contribution in [-0.4, -0.2) is 0 Å². The highest BCUT2D eigenvalue weighted by Gasteiger charge is 2.14. The molecule has 1 aromatic carbocycles. The van der Waals surface area contributed by atoms with Gasteiger partial charge in [-0.05, 0) is 23.6 Å². The predicted molar refractivity (Wildman–Crippen MR) is 80.2 cm³/mol. The Morgan fingerprint density at radius 2 is 1.83 bits per heavy atom. The van der Waals surface area contributed by atoms with Crippen molar-refractivity contribution in [1.82, 2.24) is 5.32 Å². The van der Waals surface area contributed by atoms with Crippen molar-refractivity contribution in [3.05, 3.63) is 57.2 Å². The van der Waals surface area contributed by atoms with Gasteiger partial charge in [0.1, 0.15) is 0 Å². The van der Waals surface area contributed by atoms with E-state index in [1.807, 2.05) is 6.07 Å². The van der Waals surface area contributed by atoms with Gasteiger partial charge in [0.25, 0.3) is 0 Å². The molecule has 0 aliphatic carbocycles. The van der Waals surface area contributed by atoms with Crippen LogP contribution in [0.25, 0.3) is 0 Å². The maximum absolute atomic E-state index is 5.95. The number of nitrogens with one attached hydrogen (secondary N) is 1. The van der Waals surface area contributed by atoms with Crippen LogP contribution < -0.4 is 5.32 Å². The standard InChI is InChI=1S/C15H18ClNS/c1-11(2)15(12-6-4-3-5-7-12)17-10-13-8-9-14(16)18-13/h3-9,11,15,17H,10H2,1-2H3. The maximum Gasteiger partial charge on any atom is 0.0931 e. The van der Waals surface area contributed by atoms with E-state index in [0.717, 1.165) is 10.9 Å². The molecular formula is C15H18ClNS. The largest absolute Gasteiger partial charge is 0.305 e. The van der Waals surface area contributed by atoms with Crippen molar-refractivity contribution < 1.29 is 0 Å². The first-order valence-electron chi connectivity index (χ1n) is 6.19. The Morgan fingerprint density at radius 1 is 1.11 bits per heavy atom. The molecule has 1 atom stereocenters. The van der Waals surface area contributed by atoms with Gasteiger partial charge in [0.05, 0.1) is 4.34 Å². The summed E-state index contributed by atoms with van der Waals surface area (Å²) in [5, 5.41) is 3.62. The molecule has 1 nitrogen and oxygen atoms in total. The molecule has 0 amide bonds. The van der Waals surface area contributed by atoms with E-state index in [4.69, 9.17) is 11.6 Å². The molecule has 0 spiro atoms. The molecule has 18 heavy (non-hydrogen) atoms. The minimum Gasteiger partial charge on any atom is -0.305 e. The molecular weight excluding hydrogens is 262 g/mol. The molecule has 2 aromatic rings. The Labute approximate surface area is 118 Å². The SMILES string of the molecule is CC(C)C(NCc1ccc(Cl)s1)c1ccccc1. The fraction of sp³-hybridized carbons (Fsp3) is 0.333. The lowest BCUT2D eigenvalue weighted by atomic mass is 9.96. The van der Waals surface area contributed by atoms with Gasteiger partial charge in [-0.2, -0.15) is 0 Å². The van der Waals surface area contributed by atoms with E-state index in [1.54, 1.807) is 11.3 Å². The van der Waals surface area contributed by atoms with Crippen molar-refractivity contribution in [3.63, 3.8) is 0 Å². The molecule has 0 bridgehead atoms. The summed E-state index contributed by atoms with van der Waals surface area (Å²) in [7, 11) is 0. The molecule has 1 heterocycles. The second-order valence-electron chi connectivity index (χ2n) is 4.72. The van der Waals surface area contributed by atoms with Crippen LogP contribution in [0.1, 0.15) is 30.3 Å². The van der Waals surface area contributed by atoms with Gasteiger partial charge < -0.3 is 5.32 Å². The first-order valence-corrected chi connectivity index (χ1v) is 7.39. The van der Waals surface area contributed by atoms with Gasteiger partial charge in [-0.15, -0.1) is 11.3 Å². The molecule has 0 aliphatic rings. The van der Waals surface area contributed by atoms with Crippen LogP contribution in [0.2, 0.25) is 4.34 Å². The Kier molecular flexibility index (Phi) is 4.81. The van der Waals surface area contributed by atoms with Gasteiger partial charge >= 0.3 is 0 Å². The van der Waals surface area contributed by atoms with Crippen molar-refractivity contribution in [1.29, 1.82) is 0 Å². The van der Waals surface area contributed by atoms with E-state index in [1.165, 1.54) is 10.4 Å². The minimum absolute atomic E-state index is 0.382. The Hall–Kier alpha value is -0.830. The second kappa shape index (κ2) is 6.37.